The Labute approximate surface area is 161 Å². The van der Waals surface area contributed by atoms with Crippen molar-refractivity contribution in [1.29, 1.82) is 0 Å². The Bertz CT molecular complexity index is 1120. The van der Waals surface area contributed by atoms with Crippen molar-refractivity contribution in [2.75, 3.05) is 13.1 Å². The Kier molecular flexibility index (Phi) is 3.75. The van der Waals surface area contributed by atoms with Gasteiger partial charge in [-0.1, -0.05) is 38.1 Å². The van der Waals surface area contributed by atoms with Crippen LogP contribution < -0.4 is 0 Å². The Morgan fingerprint density at radius 3 is 2.48 bits per heavy atom. The molecule has 27 heavy (non-hydrogen) atoms. The van der Waals surface area contributed by atoms with Crippen molar-refractivity contribution < 1.29 is 4.79 Å². The monoisotopic (exact) mass is 376 g/mol. The molecular formula is C21H20N4OS. The molecule has 1 fully saturated rings. The molecule has 1 amide bonds. The molecule has 1 aliphatic heterocycles. The molecule has 0 N–H and O–H groups in total. The van der Waals surface area contributed by atoms with E-state index in [0.29, 0.717) is 24.0 Å². The smallest absolute Gasteiger partial charge is 0.283 e. The highest BCUT2D eigenvalue weighted by Gasteiger charge is 2.36. The number of thiazole rings is 1. The average Bonchev–Trinajstić information content (AvgIpc) is 3.22. The van der Waals surface area contributed by atoms with Gasteiger partial charge in [0.1, 0.15) is 5.82 Å². The molecular weight excluding hydrogens is 356 g/mol. The van der Waals surface area contributed by atoms with Gasteiger partial charge in [0, 0.05) is 19.0 Å². The first-order valence-electron chi connectivity index (χ1n) is 9.23. The van der Waals surface area contributed by atoms with Crippen LogP contribution in [0.4, 0.5) is 0 Å². The van der Waals surface area contributed by atoms with E-state index in [2.05, 4.69) is 35.5 Å². The van der Waals surface area contributed by atoms with Crippen LogP contribution in [0.3, 0.4) is 0 Å². The van der Waals surface area contributed by atoms with E-state index in [1.165, 1.54) is 11.3 Å². The number of likely N-dealkylation sites (tertiary alicyclic amines) is 1. The van der Waals surface area contributed by atoms with Gasteiger partial charge in [-0.15, -0.1) is 11.3 Å². The van der Waals surface area contributed by atoms with Gasteiger partial charge < -0.3 is 9.47 Å². The lowest BCUT2D eigenvalue weighted by Crippen LogP contribution is -2.51. The lowest BCUT2D eigenvalue weighted by Gasteiger charge is -2.40. The Hall–Kier alpha value is -2.73. The molecule has 0 unspecified atom stereocenters. The molecule has 1 aliphatic rings. The van der Waals surface area contributed by atoms with Crippen molar-refractivity contribution >= 4 is 38.5 Å². The van der Waals surface area contributed by atoms with E-state index in [1.54, 1.807) is 0 Å². The average molecular weight is 376 g/mol. The summed E-state index contributed by atoms with van der Waals surface area (Å²) in [6.45, 7) is 5.74. The Morgan fingerprint density at radius 2 is 1.74 bits per heavy atom. The topological polar surface area (TPSA) is 51.0 Å². The summed E-state index contributed by atoms with van der Waals surface area (Å²) in [5, 5.41) is 0.578. The molecule has 0 atom stereocenters. The number of hydrogen-bond donors (Lipinski definition) is 0. The summed E-state index contributed by atoms with van der Waals surface area (Å²) in [5.74, 6) is 1.46. The van der Waals surface area contributed by atoms with Crippen molar-refractivity contribution in [3.8, 4) is 0 Å². The molecule has 5 rings (SSSR count). The molecule has 0 aliphatic carbocycles. The van der Waals surface area contributed by atoms with E-state index in [0.717, 1.165) is 27.1 Å². The Balaban J connectivity index is 1.41. The molecule has 2 aromatic carbocycles. The van der Waals surface area contributed by atoms with Gasteiger partial charge >= 0.3 is 0 Å². The summed E-state index contributed by atoms with van der Waals surface area (Å²) in [5.41, 5.74) is 3.07. The predicted molar refractivity (Wildman–Crippen MR) is 108 cm³/mol. The molecule has 0 bridgehead atoms. The highest BCUT2D eigenvalue weighted by atomic mass is 32.1. The third-order valence-corrected chi connectivity index (χ3v) is 6.16. The summed E-state index contributed by atoms with van der Waals surface area (Å²) >= 11 is 1.47. The normalized spacial score (nSPS) is 15.0. The second-order valence-electron chi connectivity index (χ2n) is 7.33. The minimum atomic E-state index is 0.0305. The first kappa shape index (κ1) is 16.4. The maximum atomic E-state index is 12.8. The van der Waals surface area contributed by atoms with Crippen LogP contribution in [-0.2, 0) is 0 Å². The first-order valence-corrected chi connectivity index (χ1v) is 10.0. The minimum Gasteiger partial charge on any atom is -0.332 e. The number of carbonyl (C=O) groups is 1. The molecule has 4 aromatic rings. The molecule has 2 aromatic heterocycles. The van der Waals surface area contributed by atoms with Gasteiger partial charge in [-0.25, -0.2) is 9.97 Å². The summed E-state index contributed by atoms with van der Waals surface area (Å²) in [6, 6.07) is 16.4. The second-order valence-corrected chi connectivity index (χ2v) is 8.36. The molecule has 1 saturated heterocycles. The van der Waals surface area contributed by atoms with Gasteiger partial charge in [-0.05, 0) is 24.3 Å². The summed E-state index contributed by atoms with van der Waals surface area (Å²) in [6.07, 6.45) is 0. The number of rotatable bonds is 3. The minimum absolute atomic E-state index is 0.0305. The quantitative estimate of drug-likeness (QED) is 0.530. The standard InChI is InChI=1S/C21H20N4OS/c1-13(2)19-22-15-7-3-5-9-17(15)25(19)14-11-24(12-14)21(26)20-23-16-8-4-6-10-18(16)27-20/h3-10,13-14H,11-12H2,1-2H3. The van der Waals surface area contributed by atoms with Crippen LogP contribution in [0, 0.1) is 0 Å². The van der Waals surface area contributed by atoms with Gasteiger partial charge in [0.2, 0.25) is 0 Å². The van der Waals surface area contributed by atoms with Gasteiger partial charge in [0.05, 0.1) is 27.3 Å². The zero-order chi connectivity index (χ0) is 18.5. The van der Waals surface area contributed by atoms with E-state index >= 15 is 0 Å². The highest BCUT2D eigenvalue weighted by molar-refractivity contribution is 7.20. The van der Waals surface area contributed by atoms with Crippen LogP contribution in [0.25, 0.3) is 21.3 Å². The van der Waals surface area contributed by atoms with Gasteiger partial charge in [0.15, 0.2) is 5.01 Å². The van der Waals surface area contributed by atoms with Crippen molar-refractivity contribution in [3.63, 3.8) is 0 Å². The van der Waals surface area contributed by atoms with Crippen LogP contribution in [0.1, 0.15) is 41.4 Å². The second kappa shape index (κ2) is 6.16. The number of para-hydroxylation sites is 3. The maximum absolute atomic E-state index is 12.8. The molecule has 6 heteroatoms. The molecule has 136 valence electrons. The van der Waals surface area contributed by atoms with Crippen molar-refractivity contribution in [2.45, 2.75) is 25.8 Å². The summed E-state index contributed by atoms with van der Waals surface area (Å²) in [4.78, 5) is 24.1. The SMILES string of the molecule is CC(C)c1nc2ccccc2n1C1CN(C(=O)c2nc3ccccc3s2)C1. The van der Waals surface area contributed by atoms with Crippen LogP contribution >= 0.6 is 11.3 Å². The fourth-order valence-corrected chi connectivity index (χ4v) is 4.67. The van der Waals surface area contributed by atoms with E-state index in [4.69, 9.17) is 4.98 Å². The molecule has 0 radical (unpaired) electrons. The molecule has 3 heterocycles. The van der Waals surface area contributed by atoms with Crippen molar-refractivity contribution in [3.05, 3.63) is 59.4 Å². The molecule has 0 spiro atoms. The fourth-order valence-electron chi connectivity index (χ4n) is 3.74. The lowest BCUT2D eigenvalue weighted by atomic mass is 10.1. The largest absolute Gasteiger partial charge is 0.332 e. The van der Waals surface area contributed by atoms with Crippen molar-refractivity contribution in [2.24, 2.45) is 0 Å². The van der Waals surface area contributed by atoms with E-state index in [9.17, 15) is 4.79 Å². The van der Waals surface area contributed by atoms with Crippen LogP contribution in [-0.4, -0.2) is 38.4 Å². The van der Waals surface area contributed by atoms with Gasteiger partial charge in [0.25, 0.3) is 5.91 Å². The zero-order valence-corrected chi connectivity index (χ0v) is 16.1. The summed E-state index contributed by atoms with van der Waals surface area (Å²) < 4.78 is 3.38. The number of imidazole rings is 1. The van der Waals surface area contributed by atoms with Gasteiger partial charge in [-0.2, -0.15) is 0 Å². The Morgan fingerprint density at radius 1 is 1.04 bits per heavy atom. The highest BCUT2D eigenvalue weighted by Crippen LogP contribution is 2.32. The van der Waals surface area contributed by atoms with E-state index in [-0.39, 0.29) is 11.9 Å². The van der Waals surface area contributed by atoms with Crippen LogP contribution in [0.5, 0.6) is 0 Å². The zero-order valence-electron chi connectivity index (χ0n) is 15.3. The number of fused-ring (bicyclic) bond motifs is 2. The first-order chi connectivity index (χ1) is 13.1. The van der Waals surface area contributed by atoms with Crippen LogP contribution in [0.15, 0.2) is 48.5 Å². The summed E-state index contributed by atoms with van der Waals surface area (Å²) in [7, 11) is 0. The van der Waals surface area contributed by atoms with Crippen molar-refractivity contribution in [1.82, 2.24) is 19.4 Å². The number of nitrogens with zero attached hydrogens (tertiary/aromatic N) is 4. The molecule has 0 saturated carbocycles. The van der Waals surface area contributed by atoms with Gasteiger partial charge in [-0.3, -0.25) is 4.79 Å². The van der Waals surface area contributed by atoms with Crippen LogP contribution in [0.2, 0.25) is 0 Å². The number of carbonyl (C=O) groups excluding carboxylic acids is 1. The number of benzene rings is 2. The van der Waals surface area contributed by atoms with E-state index in [1.807, 2.05) is 41.3 Å². The van der Waals surface area contributed by atoms with E-state index < -0.39 is 0 Å². The third-order valence-electron chi connectivity index (χ3n) is 5.13. The molecule has 5 nitrogen and oxygen atoms in total. The lowest BCUT2D eigenvalue weighted by molar-refractivity contribution is 0.0521. The predicted octanol–water partition coefficient (Wildman–Crippen LogP) is 4.47. The number of hydrogen-bond acceptors (Lipinski definition) is 4. The fraction of sp³-hybridized carbons (Fsp3) is 0.286. The number of amides is 1. The maximum Gasteiger partial charge on any atom is 0.283 e. The number of aromatic nitrogens is 3. The third kappa shape index (κ3) is 2.63.